The van der Waals surface area contributed by atoms with Gasteiger partial charge in [0.1, 0.15) is 5.82 Å². The Morgan fingerprint density at radius 1 is 0.978 bits per heavy atom. The normalized spacial score (nSPS) is 14.0. The van der Waals surface area contributed by atoms with Crippen LogP contribution in [-0.4, -0.2) is 44.0 Å². The van der Waals surface area contributed by atoms with E-state index in [1.54, 1.807) is 24.3 Å². The lowest BCUT2D eigenvalue weighted by atomic mass is 9.93. The minimum Gasteiger partial charge on any atom is -0.481 e. The predicted octanol–water partition coefficient (Wildman–Crippen LogP) is 8.25. The van der Waals surface area contributed by atoms with E-state index >= 15 is 4.39 Å². The third kappa shape index (κ3) is 7.17. The minimum absolute atomic E-state index is 0.0304. The van der Waals surface area contributed by atoms with Crippen LogP contribution in [0.5, 0.6) is 0 Å². The van der Waals surface area contributed by atoms with E-state index in [0.717, 1.165) is 41.9 Å². The maximum absolute atomic E-state index is 16.5. The topological polar surface area (TPSA) is 86.0 Å². The Morgan fingerprint density at radius 3 is 2.29 bits per heavy atom. The van der Waals surface area contributed by atoms with Gasteiger partial charge in [-0.25, -0.2) is 4.39 Å². The van der Waals surface area contributed by atoms with Crippen molar-refractivity contribution in [3.8, 4) is 6.07 Å². The summed E-state index contributed by atoms with van der Waals surface area (Å²) in [5.41, 5.74) is 5.86. The standard InChI is InChI=1S/C37H38FN3O4/c1-3-27-9-7-8-12-34(27)41(31-17-19-45-20-18-31)36-23-33(38)32(28(25-44-2)21-37(42)43)22-35(36)40(29-10-5-4-6-11-29)30-15-13-26(24-39)14-16-30/h4-16,22-23,28,31H,3,17-21,25H2,1-2H3,(H,42,43). The van der Waals surface area contributed by atoms with Crippen molar-refractivity contribution in [3.63, 3.8) is 0 Å². The van der Waals surface area contributed by atoms with E-state index in [9.17, 15) is 15.2 Å². The molecular formula is C37H38FN3O4. The SMILES string of the molecule is CCc1ccccc1N(c1cc(F)c(C(COC)CC(=O)O)cc1N(c1ccccc1)c1ccc(C#N)cc1)C1CCOCC1. The van der Waals surface area contributed by atoms with Gasteiger partial charge in [-0.15, -0.1) is 0 Å². The molecule has 0 amide bonds. The van der Waals surface area contributed by atoms with E-state index in [4.69, 9.17) is 9.47 Å². The van der Waals surface area contributed by atoms with Crippen LogP contribution in [0.15, 0.2) is 91.0 Å². The molecule has 0 saturated carbocycles. The monoisotopic (exact) mass is 607 g/mol. The first kappa shape index (κ1) is 31.7. The highest BCUT2D eigenvalue weighted by Crippen LogP contribution is 2.47. The zero-order valence-electron chi connectivity index (χ0n) is 25.7. The first-order chi connectivity index (χ1) is 21.9. The largest absolute Gasteiger partial charge is 0.481 e. The van der Waals surface area contributed by atoms with Crippen molar-refractivity contribution in [3.05, 3.63) is 114 Å². The van der Waals surface area contributed by atoms with Gasteiger partial charge in [0.05, 0.1) is 36.0 Å². The van der Waals surface area contributed by atoms with Crippen LogP contribution >= 0.6 is 0 Å². The third-order valence-corrected chi connectivity index (χ3v) is 8.28. The number of carbonyl (C=O) groups is 1. The number of anilines is 5. The van der Waals surface area contributed by atoms with Gasteiger partial charge < -0.3 is 24.4 Å². The fourth-order valence-electron chi connectivity index (χ4n) is 6.12. The molecule has 0 aliphatic carbocycles. The Labute approximate surface area is 264 Å². The van der Waals surface area contributed by atoms with E-state index in [1.807, 2.05) is 59.5 Å². The van der Waals surface area contributed by atoms with Crippen molar-refractivity contribution in [1.29, 1.82) is 5.26 Å². The molecular weight excluding hydrogens is 569 g/mol. The van der Waals surface area contributed by atoms with Crippen LogP contribution in [0.1, 0.15) is 48.8 Å². The van der Waals surface area contributed by atoms with Gasteiger partial charge in [-0.05, 0) is 85.0 Å². The fourth-order valence-corrected chi connectivity index (χ4v) is 6.12. The van der Waals surface area contributed by atoms with Crippen molar-refractivity contribution in [2.45, 2.75) is 44.6 Å². The van der Waals surface area contributed by atoms with Gasteiger partial charge in [0, 0.05) is 49.3 Å². The van der Waals surface area contributed by atoms with Crippen molar-refractivity contribution in [1.82, 2.24) is 0 Å². The summed E-state index contributed by atoms with van der Waals surface area (Å²) in [6, 6.07) is 30.8. The Balaban J connectivity index is 1.84. The summed E-state index contributed by atoms with van der Waals surface area (Å²) < 4.78 is 27.6. The molecule has 1 aliphatic rings. The number of aliphatic carboxylic acids is 1. The molecule has 1 fully saturated rings. The summed E-state index contributed by atoms with van der Waals surface area (Å²) in [6.45, 7) is 3.35. The van der Waals surface area contributed by atoms with Gasteiger partial charge >= 0.3 is 5.97 Å². The number of carboxylic acids is 1. The van der Waals surface area contributed by atoms with Crippen LogP contribution in [0.2, 0.25) is 0 Å². The Kier molecular flexibility index (Phi) is 10.5. The van der Waals surface area contributed by atoms with Crippen molar-refractivity contribution >= 4 is 34.4 Å². The molecule has 45 heavy (non-hydrogen) atoms. The minimum atomic E-state index is -1.03. The van der Waals surface area contributed by atoms with Crippen molar-refractivity contribution < 1.29 is 23.8 Å². The highest BCUT2D eigenvalue weighted by Gasteiger charge is 2.31. The smallest absolute Gasteiger partial charge is 0.304 e. The second-order valence-corrected chi connectivity index (χ2v) is 11.1. The molecule has 1 heterocycles. The summed E-state index contributed by atoms with van der Waals surface area (Å²) >= 11 is 0. The number of ether oxygens (including phenoxy) is 2. The lowest BCUT2D eigenvalue weighted by Gasteiger charge is -2.40. The lowest BCUT2D eigenvalue weighted by molar-refractivity contribution is -0.137. The third-order valence-electron chi connectivity index (χ3n) is 8.28. The summed E-state index contributed by atoms with van der Waals surface area (Å²) in [4.78, 5) is 16.2. The van der Waals surface area contributed by atoms with E-state index in [0.29, 0.717) is 30.2 Å². The molecule has 1 saturated heterocycles. The van der Waals surface area contributed by atoms with E-state index in [2.05, 4.69) is 30.0 Å². The molecule has 1 atom stereocenters. The molecule has 232 valence electrons. The highest BCUT2D eigenvalue weighted by atomic mass is 19.1. The number of halogens is 1. The van der Waals surface area contributed by atoms with Gasteiger partial charge in [0.2, 0.25) is 0 Å². The van der Waals surface area contributed by atoms with Gasteiger partial charge in [-0.2, -0.15) is 5.26 Å². The zero-order chi connectivity index (χ0) is 31.8. The van der Waals surface area contributed by atoms with Crippen molar-refractivity contribution in [2.24, 2.45) is 0 Å². The Hall–Kier alpha value is -4.71. The second-order valence-electron chi connectivity index (χ2n) is 11.1. The van der Waals surface area contributed by atoms with E-state index in [1.165, 1.54) is 7.11 Å². The van der Waals surface area contributed by atoms with Gasteiger partial charge in [-0.3, -0.25) is 4.79 Å². The van der Waals surface area contributed by atoms with Crippen LogP contribution < -0.4 is 9.80 Å². The summed E-state index contributed by atoms with van der Waals surface area (Å²) in [5, 5.41) is 19.2. The molecule has 8 heteroatoms. The van der Waals surface area contributed by atoms with Crippen LogP contribution in [0.3, 0.4) is 0 Å². The maximum atomic E-state index is 16.5. The molecule has 0 bridgehead atoms. The quantitative estimate of drug-likeness (QED) is 0.174. The van der Waals surface area contributed by atoms with Crippen LogP contribution in [0.4, 0.5) is 32.8 Å². The molecule has 7 nitrogen and oxygen atoms in total. The Morgan fingerprint density at radius 2 is 1.64 bits per heavy atom. The van der Waals surface area contributed by atoms with Gasteiger partial charge in [0.25, 0.3) is 0 Å². The number of rotatable bonds is 12. The van der Waals surface area contributed by atoms with E-state index in [-0.39, 0.29) is 24.6 Å². The summed E-state index contributed by atoms with van der Waals surface area (Å²) in [6.07, 6.45) is 2.02. The lowest BCUT2D eigenvalue weighted by Crippen LogP contribution is -2.37. The second kappa shape index (κ2) is 14.8. The molecule has 0 spiro atoms. The number of nitriles is 1. The van der Waals surface area contributed by atoms with Gasteiger partial charge in [0.15, 0.2) is 0 Å². The molecule has 5 rings (SSSR count). The number of para-hydroxylation sites is 2. The zero-order valence-corrected chi connectivity index (χ0v) is 25.7. The average molecular weight is 608 g/mol. The maximum Gasteiger partial charge on any atom is 0.304 e. The van der Waals surface area contributed by atoms with Crippen LogP contribution in [0, 0.1) is 17.1 Å². The molecule has 0 radical (unpaired) electrons. The van der Waals surface area contributed by atoms with Gasteiger partial charge in [-0.1, -0.05) is 43.3 Å². The highest BCUT2D eigenvalue weighted by molar-refractivity contribution is 5.89. The van der Waals surface area contributed by atoms with Crippen LogP contribution in [-0.2, 0) is 20.7 Å². The number of benzene rings is 4. The average Bonchev–Trinajstić information content (AvgIpc) is 3.07. The molecule has 1 unspecified atom stereocenters. The first-order valence-electron chi connectivity index (χ1n) is 15.3. The number of methoxy groups -OCH3 is 1. The molecule has 4 aromatic carbocycles. The molecule has 4 aromatic rings. The fraction of sp³-hybridized carbons (Fsp3) is 0.297. The predicted molar refractivity (Wildman–Crippen MR) is 174 cm³/mol. The molecule has 1 aliphatic heterocycles. The van der Waals surface area contributed by atoms with Crippen LogP contribution in [0.25, 0.3) is 0 Å². The molecule has 1 N–H and O–H groups in total. The number of hydrogen-bond acceptors (Lipinski definition) is 6. The first-order valence-corrected chi connectivity index (χ1v) is 15.3. The number of aryl methyl sites for hydroxylation is 1. The number of carboxylic acid groups (broad SMARTS) is 1. The summed E-state index contributed by atoms with van der Waals surface area (Å²) in [7, 11) is 1.49. The van der Waals surface area contributed by atoms with Crippen molar-refractivity contribution in [2.75, 3.05) is 36.7 Å². The Bertz CT molecular complexity index is 1630. The number of nitrogens with zero attached hydrogens (tertiary/aromatic N) is 3. The van der Waals surface area contributed by atoms with E-state index < -0.39 is 17.7 Å². The number of hydrogen-bond donors (Lipinski definition) is 1. The summed E-state index contributed by atoms with van der Waals surface area (Å²) in [5.74, 6) is -2.23. The molecule has 0 aromatic heterocycles.